The van der Waals surface area contributed by atoms with Gasteiger partial charge in [0, 0.05) is 41.3 Å². The molecule has 6 nitrogen and oxygen atoms in total. The van der Waals surface area contributed by atoms with Crippen LogP contribution in [-0.4, -0.2) is 29.4 Å². The molecule has 1 aromatic heterocycles. The van der Waals surface area contributed by atoms with E-state index in [2.05, 4.69) is 27.9 Å². The highest BCUT2D eigenvalue weighted by Crippen LogP contribution is 2.21. The number of amides is 2. The maximum Gasteiger partial charge on any atom is 0.255 e. The second-order valence-corrected chi connectivity index (χ2v) is 6.34. The maximum absolute atomic E-state index is 12.4. The normalized spacial score (nSPS) is 19.9. The fourth-order valence-electron chi connectivity index (χ4n) is 3.00. The third kappa shape index (κ3) is 4.64. The Bertz CT molecular complexity index is 748. The Labute approximate surface area is 147 Å². The number of carbonyl (C=O) groups excluding carboxylic acids is 2. The molecule has 0 bridgehead atoms. The first kappa shape index (κ1) is 17.1. The van der Waals surface area contributed by atoms with Crippen LogP contribution in [0.5, 0.6) is 0 Å². The molecule has 0 radical (unpaired) electrons. The molecule has 2 heterocycles. The molecular weight excluding hydrogens is 316 g/mol. The van der Waals surface area contributed by atoms with Crippen LogP contribution in [-0.2, 0) is 4.79 Å². The first-order valence-corrected chi connectivity index (χ1v) is 8.47. The first-order chi connectivity index (χ1) is 12.1. The van der Waals surface area contributed by atoms with E-state index < -0.39 is 0 Å². The van der Waals surface area contributed by atoms with Gasteiger partial charge in [-0.25, -0.2) is 0 Å². The minimum atomic E-state index is -0.210. The summed E-state index contributed by atoms with van der Waals surface area (Å²) in [5, 5.41) is 9.13. The topological polar surface area (TPSA) is 83.1 Å². The van der Waals surface area contributed by atoms with Gasteiger partial charge in [-0.3, -0.25) is 14.6 Å². The molecule has 3 N–H and O–H groups in total. The molecule has 0 spiro atoms. The Hall–Kier alpha value is -2.73. The minimum Gasteiger partial charge on any atom is -0.326 e. The van der Waals surface area contributed by atoms with Crippen LogP contribution in [0.1, 0.15) is 30.1 Å². The van der Waals surface area contributed by atoms with E-state index in [0.717, 1.165) is 19.4 Å². The highest BCUT2D eigenvalue weighted by atomic mass is 16.2. The minimum absolute atomic E-state index is 0.0197. The molecular formula is C19H22N4O2. The van der Waals surface area contributed by atoms with Gasteiger partial charge in [-0.1, -0.05) is 6.07 Å². The summed E-state index contributed by atoms with van der Waals surface area (Å²) in [6.07, 6.45) is 4.83. The Morgan fingerprint density at radius 1 is 1.12 bits per heavy atom. The van der Waals surface area contributed by atoms with E-state index in [0.29, 0.717) is 23.0 Å². The predicted molar refractivity (Wildman–Crippen MR) is 97.5 cm³/mol. The lowest BCUT2D eigenvalue weighted by molar-refractivity contribution is -0.120. The summed E-state index contributed by atoms with van der Waals surface area (Å²) in [6.45, 7) is 2.95. The number of piperidine rings is 1. The molecule has 25 heavy (non-hydrogen) atoms. The highest BCUT2D eigenvalue weighted by Gasteiger charge is 2.24. The van der Waals surface area contributed by atoms with Crippen LogP contribution >= 0.6 is 0 Å². The lowest BCUT2D eigenvalue weighted by Crippen LogP contribution is -2.40. The van der Waals surface area contributed by atoms with E-state index in [1.165, 1.54) is 0 Å². The number of hydrogen-bond donors (Lipinski definition) is 3. The molecule has 1 saturated heterocycles. The average Bonchev–Trinajstić information content (AvgIpc) is 2.63. The maximum atomic E-state index is 12.4. The van der Waals surface area contributed by atoms with Crippen molar-refractivity contribution in [2.24, 2.45) is 5.92 Å². The first-order valence-electron chi connectivity index (χ1n) is 8.47. The molecule has 3 rings (SSSR count). The Morgan fingerprint density at radius 2 is 1.84 bits per heavy atom. The second-order valence-electron chi connectivity index (χ2n) is 6.34. The summed E-state index contributed by atoms with van der Waals surface area (Å²) in [6, 6.07) is 10.9. The number of nitrogens with one attached hydrogen (secondary N) is 3. The van der Waals surface area contributed by atoms with Gasteiger partial charge in [-0.15, -0.1) is 0 Å². The van der Waals surface area contributed by atoms with E-state index in [1.54, 1.807) is 36.7 Å². The number of pyridine rings is 1. The van der Waals surface area contributed by atoms with Crippen LogP contribution in [0, 0.1) is 5.92 Å². The van der Waals surface area contributed by atoms with Gasteiger partial charge >= 0.3 is 0 Å². The number of carbonyl (C=O) groups is 2. The van der Waals surface area contributed by atoms with E-state index in [4.69, 9.17) is 0 Å². The van der Waals surface area contributed by atoms with Crippen LogP contribution in [0.4, 0.5) is 11.4 Å². The summed E-state index contributed by atoms with van der Waals surface area (Å²) in [5.41, 5.74) is 1.86. The van der Waals surface area contributed by atoms with Crippen LogP contribution in [0.25, 0.3) is 0 Å². The van der Waals surface area contributed by atoms with Crippen molar-refractivity contribution in [2.75, 3.05) is 17.2 Å². The monoisotopic (exact) mass is 338 g/mol. The number of benzene rings is 1. The molecule has 0 saturated carbocycles. The standard InChI is InChI=1S/C19H22N4O2/c1-13-11-15(7-10-21-13)19(25)23-17-4-2-3-16(12-17)22-18(24)14-5-8-20-9-6-14/h2-6,8-9,12-13,15,21H,7,10-11H2,1H3,(H,22,24)(H,23,25)/t13-,15-/m0/s1. The summed E-state index contributed by atoms with van der Waals surface area (Å²) >= 11 is 0. The lowest BCUT2D eigenvalue weighted by atomic mass is 9.92. The van der Waals surface area contributed by atoms with Crippen molar-refractivity contribution >= 4 is 23.2 Å². The largest absolute Gasteiger partial charge is 0.326 e. The third-order valence-corrected chi connectivity index (χ3v) is 4.32. The summed E-state index contributed by atoms with van der Waals surface area (Å²) in [5.74, 6) is -0.157. The fraction of sp³-hybridized carbons (Fsp3) is 0.316. The average molecular weight is 338 g/mol. The van der Waals surface area contributed by atoms with Crippen molar-refractivity contribution in [3.63, 3.8) is 0 Å². The van der Waals surface area contributed by atoms with Crippen molar-refractivity contribution in [3.05, 3.63) is 54.4 Å². The molecule has 130 valence electrons. The van der Waals surface area contributed by atoms with Gasteiger partial charge in [-0.2, -0.15) is 0 Å². The quantitative estimate of drug-likeness (QED) is 0.800. The predicted octanol–water partition coefficient (Wildman–Crippen LogP) is 2.66. The zero-order valence-electron chi connectivity index (χ0n) is 14.2. The second kappa shape index (κ2) is 7.90. The zero-order chi connectivity index (χ0) is 17.6. The molecule has 2 aromatic rings. The molecule has 1 aliphatic heterocycles. The van der Waals surface area contributed by atoms with Gasteiger partial charge in [-0.05, 0) is 56.6 Å². The summed E-state index contributed by atoms with van der Waals surface area (Å²) < 4.78 is 0. The lowest BCUT2D eigenvalue weighted by Gasteiger charge is -2.27. The SMILES string of the molecule is C[C@H]1C[C@@H](C(=O)Nc2cccc(NC(=O)c3ccncc3)c2)CCN1. The molecule has 2 amide bonds. The van der Waals surface area contributed by atoms with Gasteiger partial charge in [0.15, 0.2) is 0 Å². The van der Waals surface area contributed by atoms with Crippen LogP contribution in [0.2, 0.25) is 0 Å². The molecule has 0 aliphatic carbocycles. The van der Waals surface area contributed by atoms with Gasteiger partial charge in [0.05, 0.1) is 0 Å². The van der Waals surface area contributed by atoms with Crippen molar-refractivity contribution < 1.29 is 9.59 Å². The molecule has 0 unspecified atom stereocenters. The van der Waals surface area contributed by atoms with Crippen LogP contribution < -0.4 is 16.0 Å². The van der Waals surface area contributed by atoms with E-state index in [-0.39, 0.29) is 17.7 Å². The van der Waals surface area contributed by atoms with E-state index in [1.807, 2.05) is 12.1 Å². The van der Waals surface area contributed by atoms with Crippen molar-refractivity contribution in [2.45, 2.75) is 25.8 Å². The smallest absolute Gasteiger partial charge is 0.255 e. The number of aromatic nitrogens is 1. The van der Waals surface area contributed by atoms with E-state index >= 15 is 0 Å². The summed E-state index contributed by atoms with van der Waals surface area (Å²) in [7, 11) is 0. The van der Waals surface area contributed by atoms with Gasteiger partial charge in [0.2, 0.25) is 5.91 Å². The van der Waals surface area contributed by atoms with Crippen LogP contribution in [0.3, 0.4) is 0 Å². The molecule has 2 atom stereocenters. The number of anilines is 2. The zero-order valence-corrected chi connectivity index (χ0v) is 14.2. The van der Waals surface area contributed by atoms with Gasteiger partial charge in [0.25, 0.3) is 5.91 Å². The molecule has 6 heteroatoms. The molecule has 1 aliphatic rings. The van der Waals surface area contributed by atoms with E-state index in [9.17, 15) is 9.59 Å². The number of hydrogen-bond acceptors (Lipinski definition) is 4. The molecule has 1 aromatic carbocycles. The van der Waals surface area contributed by atoms with Gasteiger partial charge < -0.3 is 16.0 Å². The Morgan fingerprint density at radius 3 is 2.56 bits per heavy atom. The Balaban J connectivity index is 1.63. The third-order valence-electron chi connectivity index (χ3n) is 4.32. The molecule has 1 fully saturated rings. The number of nitrogens with zero attached hydrogens (tertiary/aromatic N) is 1. The Kier molecular flexibility index (Phi) is 5.40. The van der Waals surface area contributed by atoms with Crippen molar-refractivity contribution in [3.8, 4) is 0 Å². The number of rotatable bonds is 4. The van der Waals surface area contributed by atoms with Crippen molar-refractivity contribution in [1.29, 1.82) is 0 Å². The summed E-state index contributed by atoms with van der Waals surface area (Å²) in [4.78, 5) is 28.5. The van der Waals surface area contributed by atoms with Gasteiger partial charge in [0.1, 0.15) is 0 Å². The van der Waals surface area contributed by atoms with Crippen molar-refractivity contribution in [1.82, 2.24) is 10.3 Å². The highest BCUT2D eigenvalue weighted by molar-refractivity contribution is 6.04. The fourth-order valence-corrected chi connectivity index (χ4v) is 3.00. The van der Waals surface area contributed by atoms with Crippen LogP contribution in [0.15, 0.2) is 48.8 Å².